The van der Waals surface area contributed by atoms with E-state index in [0.717, 1.165) is 10.9 Å². The highest BCUT2D eigenvalue weighted by molar-refractivity contribution is 6.30. The van der Waals surface area contributed by atoms with E-state index in [4.69, 9.17) is 16.3 Å². The Labute approximate surface area is 132 Å². The fourth-order valence-corrected chi connectivity index (χ4v) is 2.49. The second-order valence-electron chi connectivity index (χ2n) is 4.89. The number of phenols is 1. The van der Waals surface area contributed by atoms with Crippen molar-refractivity contribution in [1.29, 1.82) is 0 Å². The molecule has 0 fully saturated rings. The smallest absolute Gasteiger partial charge is 0.342 e. The normalized spacial score (nSPS) is 10.6. The van der Waals surface area contributed by atoms with E-state index >= 15 is 0 Å². The average Bonchev–Trinajstić information content (AvgIpc) is 2.53. The molecule has 3 nitrogen and oxygen atoms in total. The van der Waals surface area contributed by atoms with Crippen molar-refractivity contribution in [2.45, 2.75) is 6.61 Å². The molecule has 0 spiro atoms. The van der Waals surface area contributed by atoms with Crippen LogP contribution in [-0.2, 0) is 11.3 Å². The third kappa shape index (κ3) is 2.90. The predicted octanol–water partition coefficient (Wildman–Crippen LogP) is 4.56. The first-order chi connectivity index (χ1) is 10.6. The van der Waals surface area contributed by atoms with Gasteiger partial charge in [-0.25, -0.2) is 4.79 Å². The zero-order valence-corrected chi connectivity index (χ0v) is 12.4. The van der Waals surface area contributed by atoms with Gasteiger partial charge in [0.25, 0.3) is 0 Å². The van der Waals surface area contributed by atoms with Crippen LogP contribution in [0.25, 0.3) is 10.8 Å². The van der Waals surface area contributed by atoms with Gasteiger partial charge in [-0.1, -0.05) is 54.1 Å². The molecule has 0 unspecified atom stereocenters. The topological polar surface area (TPSA) is 46.5 Å². The summed E-state index contributed by atoms with van der Waals surface area (Å²) in [6.07, 6.45) is 0. The molecule has 110 valence electrons. The van der Waals surface area contributed by atoms with E-state index in [0.29, 0.717) is 10.4 Å². The molecule has 1 N–H and O–H groups in total. The van der Waals surface area contributed by atoms with Crippen LogP contribution < -0.4 is 0 Å². The highest BCUT2D eigenvalue weighted by Crippen LogP contribution is 2.29. The van der Waals surface area contributed by atoms with Crippen LogP contribution in [0, 0.1) is 0 Å². The van der Waals surface area contributed by atoms with Gasteiger partial charge in [-0.2, -0.15) is 0 Å². The maximum absolute atomic E-state index is 12.2. The van der Waals surface area contributed by atoms with Crippen molar-refractivity contribution in [3.05, 3.63) is 76.8 Å². The number of aromatic hydroxyl groups is 1. The second-order valence-corrected chi connectivity index (χ2v) is 5.33. The molecule has 0 aromatic heterocycles. The van der Waals surface area contributed by atoms with Crippen LogP contribution >= 0.6 is 11.6 Å². The summed E-state index contributed by atoms with van der Waals surface area (Å²) < 4.78 is 5.24. The van der Waals surface area contributed by atoms with Crippen LogP contribution in [0.5, 0.6) is 5.75 Å². The molecular weight excluding hydrogens is 300 g/mol. The number of hydrogen-bond donors (Lipinski definition) is 1. The maximum atomic E-state index is 12.2. The summed E-state index contributed by atoms with van der Waals surface area (Å²) in [5, 5.41) is 12.3. The fourth-order valence-electron chi connectivity index (χ4n) is 2.27. The van der Waals surface area contributed by atoms with Crippen LogP contribution in [0.3, 0.4) is 0 Å². The lowest BCUT2D eigenvalue weighted by molar-refractivity contribution is 0.0469. The molecule has 0 amide bonds. The van der Waals surface area contributed by atoms with Crippen molar-refractivity contribution in [3.63, 3.8) is 0 Å². The van der Waals surface area contributed by atoms with Crippen LogP contribution in [0.15, 0.2) is 60.7 Å². The largest absolute Gasteiger partial charge is 0.506 e. The molecule has 0 aliphatic carbocycles. The molecule has 0 heterocycles. The molecular formula is C18H13ClO3. The Morgan fingerprint density at radius 1 is 1.05 bits per heavy atom. The minimum absolute atomic E-state index is 0.0609. The van der Waals surface area contributed by atoms with Crippen LogP contribution in [0.1, 0.15) is 15.9 Å². The molecule has 0 radical (unpaired) electrons. The average molecular weight is 313 g/mol. The van der Waals surface area contributed by atoms with Gasteiger partial charge >= 0.3 is 5.97 Å². The first-order valence-electron chi connectivity index (χ1n) is 6.77. The Morgan fingerprint density at radius 3 is 2.68 bits per heavy atom. The number of phenolic OH excluding ortho intramolecular Hbond substituents is 1. The summed E-state index contributed by atoms with van der Waals surface area (Å²) in [5.41, 5.74) is 0.946. The van der Waals surface area contributed by atoms with Crippen LogP contribution in [0.2, 0.25) is 5.02 Å². The van der Waals surface area contributed by atoms with E-state index in [1.54, 1.807) is 36.4 Å². The van der Waals surface area contributed by atoms with E-state index < -0.39 is 5.97 Å². The van der Waals surface area contributed by atoms with Crippen molar-refractivity contribution in [1.82, 2.24) is 0 Å². The first-order valence-corrected chi connectivity index (χ1v) is 7.15. The van der Waals surface area contributed by atoms with Gasteiger partial charge in [0, 0.05) is 10.4 Å². The Kier molecular flexibility index (Phi) is 3.98. The lowest BCUT2D eigenvalue weighted by atomic mass is 10.1. The SMILES string of the molecule is O=C(OCc1cccc(Cl)c1)c1ccc2ccccc2c1O. The fraction of sp³-hybridized carbons (Fsp3) is 0.0556. The molecule has 0 saturated carbocycles. The molecule has 3 rings (SSSR count). The van der Waals surface area contributed by atoms with Crippen LogP contribution in [0.4, 0.5) is 0 Å². The van der Waals surface area contributed by atoms with Crippen molar-refractivity contribution < 1.29 is 14.6 Å². The molecule has 3 aromatic carbocycles. The summed E-state index contributed by atoms with van der Waals surface area (Å²) in [6, 6.07) is 17.8. The van der Waals surface area contributed by atoms with Gasteiger partial charge in [0.05, 0.1) is 0 Å². The molecule has 0 aliphatic rings. The first kappa shape index (κ1) is 14.4. The number of benzene rings is 3. The Morgan fingerprint density at radius 2 is 1.86 bits per heavy atom. The molecule has 3 aromatic rings. The number of halogens is 1. The van der Waals surface area contributed by atoms with E-state index in [1.165, 1.54) is 0 Å². The number of rotatable bonds is 3. The monoisotopic (exact) mass is 312 g/mol. The minimum atomic E-state index is -0.566. The predicted molar refractivity (Wildman–Crippen MR) is 86.2 cm³/mol. The van der Waals surface area contributed by atoms with E-state index in [2.05, 4.69) is 0 Å². The third-order valence-electron chi connectivity index (χ3n) is 3.38. The van der Waals surface area contributed by atoms with Crippen molar-refractivity contribution >= 4 is 28.3 Å². The second kappa shape index (κ2) is 6.08. The van der Waals surface area contributed by atoms with Gasteiger partial charge in [0.1, 0.15) is 17.9 Å². The highest BCUT2D eigenvalue weighted by Gasteiger charge is 2.15. The van der Waals surface area contributed by atoms with Crippen molar-refractivity contribution in [3.8, 4) is 5.75 Å². The van der Waals surface area contributed by atoms with Gasteiger partial charge in [0.2, 0.25) is 0 Å². The molecule has 4 heteroatoms. The number of carbonyl (C=O) groups is 1. The van der Waals surface area contributed by atoms with E-state index in [1.807, 2.05) is 24.3 Å². The molecule has 0 aliphatic heterocycles. The quantitative estimate of drug-likeness (QED) is 0.721. The third-order valence-corrected chi connectivity index (χ3v) is 3.61. The molecule has 0 atom stereocenters. The number of carbonyl (C=O) groups excluding carboxylic acids is 1. The van der Waals surface area contributed by atoms with Gasteiger partial charge in [0.15, 0.2) is 0 Å². The number of ether oxygens (including phenoxy) is 1. The van der Waals surface area contributed by atoms with Crippen LogP contribution in [-0.4, -0.2) is 11.1 Å². The Bertz CT molecular complexity index is 843. The maximum Gasteiger partial charge on any atom is 0.342 e. The number of fused-ring (bicyclic) bond motifs is 1. The zero-order valence-electron chi connectivity index (χ0n) is 11.6. The van der Waals surface area contributed by atoms with Crippen molar-refractivity contribution in [2.75, 3.05) is 0 Å². The highest BCUT2D eigenvalue weighted by atomic mass is 35.5. The van der Waals surface area contributed by atoms with Gasteiger partial charge in [-0.3, -0.25) is 0 Å². The van der Waals surface area contributed by atoms with E-state index in [-0.39, 0.29) is 17.9 Å². The summed E-state index contributed by atoms with van der Waals surface area (Å²) in [4.78, 5) is 12.2. The van der Waals surface area contributed by atoms with Crippen molar-refractivity contribution in [2.24, 2.45) is 0 Å². The van der Waals surface area contributed by atoms with Gasteiger partial charge < -0.3 is 9.84 Å². The van der Waals surface area contributed by atoms with Gasteiger partial charge in [-0.05, 0) is 29.1 Å². The summed E-state index contributed by atoms with van der Waals surface area (Å²) in [5.74, 6) is -0.627. The number of esters is 1. The summed E-state index contributed by atoms with van der Waals surface area (Å²) >= 11 is 5.89. The summed E-state index contributed by atoms with van der Waals surface area (Å²) in [6.45, 7) is 0.103. The van der Waals surface area contributed by atoms with E-state index in [9.17, 15) is 9.90 Å². The van der Waals surface area contributed by atoms with Gasteiger partial charge in [-0.15, -0.1) is 0 Å². The minimum Gasteiger partial charge on any atom is -0.506 e. The lowest BCUT2D eigenvalue weighted by Gasteiger charge is -2.09. The molecule has 22 heavy (non-hydrogen) atoms. The molecule has 0 saturated heterocycles. The Hall–Kier alpha value is -2.52. The standard InChI is InChI=1S/C18H13ClO3/c19-14-6-3-4-12(10-14)11-22-18(21)16-9-8-13-5-1-2-7-15(13)17(16)20/h1-10,20H,11H2. The lowest BCUT2D eigenvalue weighted by Crippen LogP contribution is -2.05. The Balaban J connectivity index is 1.82. The zero-order chi connectivity index (χ0) is 15.5. The summed E-state index contributed by atoms with van der Waals surface area (Å²) in [7, 11) is 0. The molecule has 0 bridgehead atoms. The number of hydrogen-bond acceptors (Lipinski definition) is 3.